The van der Waals surface area contributed by atoms with Crippen molar-refractivity contribution >= 4 is 70.4 Å². The van der Waals surface area contributed by atoms with Crippen molar-refractivity contribution in [2.45, 2.75) is 95.3 Å². The lowest BCUT2D eigenvalue weighted by Gasteiger charge is -2.23. The maximum atomic E-state index is 13.5. The molecule has 0 aliphatic heterocycles. The number of hydrogen-bond donors (Lipinski definition) is 0. The largest absolute Gasteiger partial charge is 0.486 e. The lowest BCUT2D eigenvalue weighted by atomic mass is 10.1. The van der Waals surface area contributed by atoms with Gasteiger partial charge in [-0.3, -0.25) is 19.6 Å². The molecule has 0 aliphatic rings. The summed E-state index contributed by atoms with van der Waals surface area (Å²) in [6.45, 7) is 6.04. The number of ketones is 3. The number of rotatable bonds is 30. The summed E-state index contributed by atoms with van der Waals surface area (Å²) in [6.07, 6.45) is 17.9. The fourth-order valence-electron chi connectivity index (χ4n) is 9.66. The van der Waals surface area contributed by atoms with Gasteiger partial charge >= 0.3 is 0 Å². The fourth-order valence-corrected chi connectivity index (χ4v) is 14.4. The van der Waals surface area contributed by atoms with Gasteiger partial charge in [0.15, 0.2) is 17.4 Å². The summed E-state index contributed by atoms with van der Waals surface area (Å²) < 4.78 is 89.7. The van der Waals surface area contributed by atoms with E-state index in [0.717, 1.165) is 62.5 Å². The van der Waals surface area contributed by atoms with Crippen LogP contribution in [-0.2, 0) is 85.1 Å². The average Bonchev–Trinajstić information content (AvgIpc) is 1.27. The Bertz CT molecular complexity index is 4460. The second-order valence-corrected chi connectivity index (χ2v) is 29.4. The van der Waals surface area contributed by atoms with Crippen LogP contribution in [0.4, 0.5) is 0 Å². The zero-order valence-electron chi connectivity index (χ0n) is 53.0. The molecule has 25 heteroatoms. The highest BCUT2D eigenvalue weighted by atomic mass is 35.5. The van der Waals surface area contributed by atoms with Crippen molar-refractivity contribution < 1.29 is 44.4 Å². The van der Waals surface area contributed by atoms with Crippen LogP contribution in [0.1, 0.15) is 88.9 Å². The fraction of sp³-hybridized carbons (Fsp3) is 0.243. The number of nitrogens with zero attached hydrogens (tertiary/aromatic N) is 10. The first-order valence-electron chi connectivity index (χ1n) is 30.3. The number of halogens is 1. The molecule has 494 valence electrons. The first kappa shape index (κ1) is 72.0. The number of thiazole rings is 1. The van der Waals surface area contributed by atoms with Crippen molar-refractivity contribution in [3.05, 3.63) is 262 Å². The third-order valence-electron chi connectivity index (χ3n) is 14.5. The molecule has 0 unspecified atom stereocenters. The van der Waals surface area contributed by atoms with E-state index in [1.807, 2.05) is 115 Å². The van der Waals surface area contributed by atoms with Crippen LogP contribution in [0.3, 0.4) is 0 Å². The van der Waals surface area contributed by atoms with Gasteiger partial charge < -0.3 is 9.53 Å². The van der Waals surface area contributed by atoms with Gasteiger partial charge in [0.05, 0.1) is 17.0 Å². The number of carbonyl (C=O) groups excluding carboxylic acids is 3. The molecule has 20 nitrogen and oxygen atoms in total. The summed E-state index contributed by atoms with van der Waals surface area (Å²) in [6, 6.07) is 47.4. The van der Waals surface area contributed by atoms with Crippen molar-refractivity contribution in [1.29, 1.82) is 0 Å². The number of ether oxygens (including phenoxy) is 1. The summed E-state index contributed by atoms with van der Waals surface area (Å²) in [5.74, 6) is 1.08. The van der Waals surface area contributed by atoms with Crippen molar-refractivity contribution in [3.8, 4) is 22.8 Å². The summed E-state index contributed by atoms with van der Waals surface area (Å²) in [5, 5.41) is 7.53. The summed E-state index contributed by atoms with van der Waals surface area (Å²) >= 11 is 7.42. The molecule has 10 rings (SSSR count). The van der Waals surface area contributed by atoms with Crippen LogP contribution >= 0.6 is 22.9 Å². The second kappa shape index (κ2) is 35.1. The third-order valence-corrected chi connectivity index (χ3v) is 20.5. The zero-order chi connectivity index (χ0) is 67.8. The van der Waals surface area contributed by atoms with Gasteiger partial charge in [0.1, 0.15) is 33.6 Å². The molecule has 95 heavy (non-hydrogen) atoms. The quantitative estimate of drug-likeness (QED) is 0.0379. The van der Waals surface area contributed by atoms with E-state index in [1.165, 1.54) is 69.0 Å². The molecule has 10 aromatic rings. The topological polar surface area (TPSA) is 255 Å². The van der Waals surface area contributed by atoms with E-state index in [2.05, 4.69) is 30.0 Å². The van der Waals surface area contributed by atoms with E-state index in [-0.39, 0.29) is 59.9 Å². The molecule has 5 aromatic carbocycles. The molecule has 0 amide bonds. The molecule has 0 aliphatic carbocycles. The number of aromatic nitrogens is 7. The Kier molecular flexibility index (Phi) is 26.6. The predicted octanol–water partition coefficient (Wildman–Crippen LogP) is 11.9. The van der Waals surface area contributed by atoms with E-state index in [1.54, 1.807) is 84.2 Å². The first-order chi connectivity index (χ1) is 45.6. The maximum Gasteiger partial charge on any atom is 0.245 e. The number of sulfonamides is 3. The smallest absolute Gasteiger partial charge is 0.245 e. The van der Waals surface area contributed by atoms with Crippen molar-refractivity contribution in [2.24, 2.45) is 0 Å². The summed E-state index contributed by atoms with van der Waals surface area (Å²) in [7, 11) is -10.9. The summed E-state index contributed by atoms with van der Waals surface area (Å²) in [4.78, 5) is 54.9. The van der Waals surface area contributed by atoms with E-state index in [4.69, 9.17) is 16.3 Å². The molecule has 5 aromatic heterocycles. The molecule has 0 fully saturated rings. The molecular formula is C70H73ClN10O10S4. The van der Waals surface area contributed by atoms with Crippen LogP contribution in [0.2, 0.25) is 5.02 Å². The van der Waals surface area contributed by atoms with Crippen molar-refractivity contribution in [3.63, 3.8) is 0 Å². The standard InChI is InChI=1S/C26H24N4O4S.C26H26N4O3S.C18H23ClN2O3S2/c1-20(31)19-34-24-6-2-5-22(15-24)18-30(35(32,33)25-7-3-12-27-16-25)17-21-8-10-23(11-9-21)26-28-13-4-14-29-26;1-21(31)8-9-22-5-2-6-24(17-22)20-29(34(32,33)26-7-3-14-27-18-26)19-23-10-12-25(13-11-23)30-16-4-15-28-30;1-14(22)17-13-25-18(20-17)9-5-11-21(26(2,23)24)10-4-7-15-6-3-8-16(19)12-15/h2-16H,17-19H2,1H3;2-7,10-18H,8-9,19-20H2,1H3;3,6,8,12-13H,4-5,7,9-11H2,1-2H3. The predicted molar refractivity (Wildman–Crippen MR) is 367 cm³/mol. The maximum absolute atomic E-state index is 13.5. The van der Waals surface area contributed by atoms with Gasteiger partial charge in [-0.15, -0.1) is 11.3 Å². The average molecular weight is 1380 g/mol. The number of pyridine rings is 2. The Morgan fingerprint density at radius 2 is 1.11 bits per heavy atom. The SMILES string of the molecule is CC(=O)CCc1cccc(CN(Cc2ccc(-n3cccn3)cc2)S(=O)(=O)c2cccnc2)c1.CC(=O)COc1cccc(CN(Cc2ccc(-c3ncccn3)cc2)S(=O)(=O)c2cccnc2)c1.CC(=O)c1csc(CCCN(CCCc2cccc(Cl)c2)S(C)(=O)=O)n1. The number of benzene rings is 5. The summed E-state index contributed by atoms with van der Waals surface area (Å²) in [5.41, 5.74) is 7.58. The minimum absolute atomic E-state index is 0.0430. The van der Waals surface area contributed by atoms with E-state index in [9.17, 15) is 39.6 Å². The minimum Gasteiger partial charge on any atom is -0.486 e. The van der Waals surface area contributed by atoms with Crippen LogP contribution < -0.4 is 4.74 Å². The van der Waals surface area contributed by atoms with Gasteiger partial charge in [-0.1, -0.05) is 96.5 Å². The van der Waals surface area contributed by atoms with Crippen LogP contribution in [0.5, 0.6) is 5.75 Å². The van der Waals surface area contributed by atoms with Crippen LogP contribution in [0, 0.1) is 0 Å². The van der Waals surface area contributed by atoms with Crippen LogP contribution in [0.25, 0.3) is 17.1 Å². The molecule has 0 atom stereocenters. The third kappa shape index (κ3) is 22.7. The van der Waals surface area contributed by atoms with Gasteiger partial charge in [0.2, 0.25) is 30.1 Å². The highest BCUT2D eigenvalue weighted by Gasteiger charge is 2.27. The van der Waals surface area contributed by atoms with E-state index in [0.29, 0.717) is 61.1 Å². The Labute approximate surface area is 564 Å². The molecule has 0 radical (unpaired) electrons. The Hall–Kier alpha value is -8.85. The first-order valence-corrected chi connectivity index (χ1v) is 36.3. The van der Waals surface area contributed by atoms with Gasteiger partial charge in [-0.25, -0.2) is 49.2 Å². The Morgan fingerprint density at radius 1 is 0.547 bits per heavy atom. The number of hydrogen-bond acceptors (Lipinski definition) is 17. The van der Waals surface area contributed by atoms with Gasteiger partial charge in [-0.2, -0.15) is 13.7 Å². The zero-order valence-corrected chi connectivity index (χ0v) is 57.0. The van der Waals surface area contributed by atoms with Crippen molar-refractivity contribution in [2.75, 3.05) is 26.0 Å². The molecular weight excluding hydrogens is 1300 g/mol. The minimum atomic E-state index is -3.85. The second-order valence-electron chi connectivity index (χ2n) is 22.2. The highest BCUT2D eigenvalue weighted by Crippen LogP contribution is 2.26. The Balaban J connectivity index is 0.000000185. The molecule has 5 heterocycles. The van der Waals surface area contributed by atoms with Crippen LogP contribution in [-0.4, -0.2) is 116 Å². The van der Waals surface area contributed by atoms with E-state index >= 15 is 0 Å². The lowest BCUT2D eigenvalue weighted by Crippen LogP contribution is -2.32. The molecule has 0 saturated carbocycles. The monoisotopic (exact) mass is 1380 g/mol. The van der Waals surface area contributed by atoms with Gasteiger partial charge in [0.25, 0.3) is 0 Å². The number of carbonyl (C=O) groups is 3. The lowest BCUT2D eigenvalue weighted by molar-refractivity contribution is -0.119. The molecule has 0 bridgehead atoms. The molecule has 0 spiro atoms. The van der Waals surface area contributed by atoms with Gasteiger partial charge in [0, 0.05) is 125 Å². The number of aryl methyl sites for hydroxylation is 3. The molecule has 0 N–H and O–H groups in total. The van der Waals surface area contributed by atoms with Gasteiger partial charge in [-0.05, 0) is 146 Å². The molecule has 0 saturated heterocycles. The van der Waals surface area contributed by atoms with Crippen molar-refractivity contribution in [1.82, 2.24) is 47.6 Å². The van der Waals surface area contributed by atoms with E-state index < -0.39 is 30.1 Å². The normalized spacial score (nSPS) is 11.6. The Morgan fingerprint density at radius 3 is 1.64 bits per heavy atom. The van der Waals surface area contributed by atoms with Crippen LogP contribution in [0.15, 0.2) is 222 Å². The highest BCUT2D eigenvalue weighted by molar-refractivity contribution is 7.89. The number of Topliss-reactive ketones (excluding diaryl/α,β-unsaturated/α-hetero) is 3.